The van der Waals surface area contributed by atoms with Crippen molar-refractivity contribution >= 4 is 6.09 Å². The number of ether oxygens (including phenoxy) is 1. The van der Waals surface area contributed by atoms with Gasteiger partial charge in [0, 0.05) is 19.1 Å². The highest BCUT2D eigenvalue weighted by atomic mass is 19.3. The maximum absolute atomic E-state index is 13.1. The molecule has 18 heavy (non-hydrogen) atoms. The van der Waals surface area contributed by atoms with Gasteiger partial charge < -0.3 is 15.0 Å². The Hall–Kier alpha value is -0.910. The molecule has 2 rings (SSSR count). The number of carbonyl (C=O) groups excluding carboxylic acids is 1. The van der Waals surface area contributed by atoms with Crippen LogP contribution in [0, 0.1) is 0 Å². The number of likely N-dealkylation sites (tertiary alicyclic amines) is 1. The number of piperazine rings is 1. The average molecular weight is 262 g/mol. The van der Waals surface area contributed by atoms with Gasteiger partial charge in [-0.25, -0.2) is 13.6 Å². The summed E-state index contributed by atoms with van der Waals surface area (Å²) in [6.07, 6.45) is -1.87. The Morgan fingerprint density at radius 2 is 2.17 bits per heavy atom. The molecule has 0 aromatic carbocycles. The van der Waals surface area contributed by atoms with Crippen LogP contribution in [0.15, 0.2) is 0 Å². The van der Waals surface area contributed by atoms with E-state index in [2.05, 4.69) is 5.32 Å². The average Bonchev–Trinajstić information content (AvgIpc) is 2.53. The number of hydrogen-bond acceptors (Lipinski definition) is 3. The van der Waals surface area contributed by atoms with Gasteiger partial charge in [0.25, 0.3) is 6.43 Å². The fourth-order valence-corrected chi connectivity index (χ4v) is 2.62. The third-order valence-corrected chi connectivity index (χ3v) is 3.41. The summed E-state index contributed by atoms with van der Waals surface area (Å²) in [7, 11) is 0. The summed E-state index contributed by atoms with van der Waals surface area (Å²) in [5, 5.41) is 2.95. The number of nitrogens with zero attached hydrogens (tertiary/aromatic N) is 1. The molecule has 2 aliphatic heterocycles. The zero-order valence-electron chi connectivity index (χ0n) is 11.0. The predicted molar refractivity (Wildman–Crippen MR) is 62.7 cm³/mol. The summed E-state index contributed by atoms with van der Waals surface area (Å²) in [6.45, 7) is 5.78. The topological polar surface area (TPSA) is 41.6 Å². The molecule has 0 aromatic heterocycles. The summed E-state index contributed by atoms with van der Waals surface area (Å²) in [4.78, 5) is 13.3. The molecular formula is C12H20F2N2O2. The Morgan fingerprint density at radius 1 is 1.50 bits per heavy atom. The molecule has 1 N–H and O–H groups in total. The van der Waals surface area contributed by atoms with Gasteiger partial charge in [0.2, 0.25) is 0 Å². The highest BCUT2D eigenvalue weighted by molar-refractivity contribution is 5.68. The minimum atomic E-state index is -2.47. The van der Waals surface area contributed by atoms with E-state index in [0.29, 0.717) is 19.4 Å². The Labute approximate surface area is 106 Å². The zero-order chi connectivity index (χ0) is 13.6. The lowest BCUT2D eigenvalue weighted by molar-refractivity contribution is -0.0202. The fourth-order valence-electron chi connectivity index (χ4n) is 2.62. The van der Waals surface area contributed by atoms with Crippen molar-refractivity contribution in [2.24, 2.45) is 0 Å². The van der Waals surface area contributed by atoms with Crippen LogP contribution in [0.5, 0.6) is 0 Å². The summed E-state index contributed by atoms with van der Waals surface area (Å²) < 4.78 is 31.5. The van der Waals surface area contributed by atoms with E-state index in [-0.39, 0.29) is 12.6 Å². The molecule has 0 saturated carbocycles. The molecule has 2 saturated heterocycles. The quantitative estimate of drug-likeness (QED) is 0.785. The Bertz CT molecular complexity index is 343. The molecule has 2 unspecified atom stereocenters. The summed E-state index contributed by atoms with van der Waals surface area (Å²) in [6, 6.07) is -0.0414. The molecule has 0 spiro atoms. The lowest BCUT2D eigenvalue weighted by Gasteiger charge is -2.41. The van der Waals surface area contributed by atoms with Crippen molar-refractivity contribution in [2.45, 2.75) is 57.2 Å². The number of rotatable bonds is 1. The van der Waals surface area contributed by atoms with E-state index < -0.39 is 23.7 Å². The van der Waals surface area contributed by atoms with Crippen LogP contribution < -0.4 is 5.32 Å². The second-order valence-electron chi connectivity index (χ2n) is 6.20. The van der Waals surface area contributed by atoms with Crippen molar-refractivity contribution in [3.8, 4) is 0 Å². The van der Waals surface area contributed by atoms with E-state index in [9.17, 15) is 13.6 Å². The van der Waals surface area contributed by atoms with Gasteiger partial charge in [0.1, 0.15) is 5.60 Å². The molecule has 0 aromatic rings. The van der Waals surface area contributed by atoms with Crippen LogP contribution >= 0.6 is 0 Å². The van der Waals surface area contributed by atoms with E-state index in [1.165, 1.54) is 4.90 Å². The molecule has 104 valence electrons. The van der Waals surface area contributed by atoms with Crippen LogP contribution in [0.2, 0.25) is 0 Å². The van der Waals surface area contributed by atoms with E-state index >= 15 is 0 Å². The van der Waals surface area contributed by atoms with Gasteiger partial charge in [-0.2, -0.15) is 0 Å². The molecule has 2 atom stereocenters. The van der Waals surface area contributed by atoms with E-state index in [1.54, 1.807) is 20.8 Å². The summed E-state index contributed by atoms with van der Waals surface area (Å²) >= 11 is 0. The molecule has 1 amide bonds. The van der Waals surface area contributed by atoms with Crippen molar-refractivity contribution in [3.05, 3.63) is 0 Å². The van der Waals surface area contributed by atoms with Gasteiger partial charge >= 0.3 is 6.09 Å². The highest BCUT2D eigenvalue weighted by Gasteiger charge is 2.52. The fraction of sp³-hybridized carbons (Fsp3) is 0.917. The number of amides is 1. The summed E-state index contributed by atoms with van der Waals surface area (Å²) in [5.74, 6) is 0. The number of hydrogen-bond donors (Lipinski definition) is 1. The number of halogens is 2. The minimum Gasteiger partial charge on any atom is -0.444 e. The number of alkyl halides is 2. The lowest BCUT2D eigenvalue weighted by Crippen LogP contribution is -2.64. The number of carbonyl (C=O) groups is 1. The van der Waals surface area contributed by atoms with E-state index in [4.69, 9.17) is 4.74 Å². The van der Waals surface area contributed by atoms with Crippen molar-refractivity contribution in [1.29, 1.82) is 0 Å². The normalized spacial score (nSPS) is 31.9. The first-order valence-corrected chi connectivity index (χ1v) is 6.26. The smallest absolute Gasteiger partial charge is 0.410 e. The second-order valence-corrected chi connectivity index (χ2v) is 6.20. The Balaban J connectivity index is 2.06. The minimum absolute atomic E-state index is 0.0239. The molecular weight excluding hydrogens is 242 g/mol. The molecule has 4 nitrogen and oxygen atoms in total. The largest absolute Gasteiger partial charge is 0.444 e. The molecule has 2 fully saturated rings. The molecule has 6 heteroatoms. The van der Waals surface area contributed by atoms with Gasteiger partial charge in [-0.3, -0.25) is 0 Å². The Kier molecular flexibility index (Phi) is 3.25. The third kappa shape index (κ3) is 2.58. The zero-order valence-corrected chi connectivity index (χ0v) is 11.0. The third-order valence-electron chi connectivity index (χ3n) is 3.41. The predicted octanol–water partition coefficient (Wildman–Crippen LogP) is 1.99. The first-order valence-electron chi connectivity index (χ1n) is 6.26. The van der Waals surface area contributed by atoms with Crippen LogP contribution in [0.1, 0.15) is 33.6 Å². The van der Waals surface area contributed by atoms with Crippen LogP contribution in [-0.4, -0.2) is 47.7 Å². The van der Waals surface area contributed by atoms with Crippen LogP contribution in [0.3, 0.4) is 0 Å². The van der Waals surface area contributed by atoms with E-state index in [1.807, 2.05) is 0 Å². The maximum atomic E-state index is 13.1. The summed E-state index contributed by atoms with van der Waals surface area (Å²) in [5.41, 5.74) is -1.83. The molecule has 2 aliphatic rings. The van der Waals surface area contributed by atoms with Gasteiger partial charge in [0.15, 0.2) is 0 Å². The van der Waals surface area contributed by atoms with Gasteiger partial charge in [-0.15, -0.1) is 0 Å². The number of fused-ring (bicyclic) bond motifs is 2. The molecule has 0 aliphatic carbocycles. The van der Waals surface area contributed by atoms with E-state index in [0.717, 1.165) is 0 Å². The first-order chi connectivity index (χ1) is 8.22. The lowest BCUT2D eigenvalue weighted by atomic mass is 9.98. The Morgan fingerprint density at radius 3 is 2.72 bits per heavy atom. The van der Waals surface area contributed by atoms with Gasteiger partial charge in [-0.05, 0) is 33.6 Å². The SMILES string of the molecule is CC(C)(C)OC(=O)N1CC2CCC(C(F)F)(C1)N2. The standard InChI is InChI=1S/C12H20F2N2O2/c1-11(2,3)18-10(17)16-6-8-4-5-12(7-16,15-8)9(13)14/h8-9,15H,4-7H2,1-3H3. The van der Waals surface area contributed by atoms with Crippen molar-refractivity contribution in [3.63, 3.8) is 0 Å². The maximum Gasteiger partial charge on any atom is 0.410 e. The van der Waals surface area contributed by atoms with Crippen molar-refractivity contribution in [1.82, 2.24) is 10.2 Å². The second kappa shape index (κ2) is 4.33. The first kappa shape index (κ1) is 13.5. The monoisotopic (exact) mass is 262 g/mol. The van der Waals surface area contributed by atoms with Crippen molar-refractivity contribution in [2.75, 3.05) is 13.1 Å². The van der Waals surface area contributed by atoms with Crippen LogP contribution in [-0.2, 0) is 4.74 Å². The van der Waals surface area contributed by atoms with Crippen LogP contribution in [0.4, 0.5) is 13.6 Å². The highest BCUT2D eigenvalue weighted by Crippen LogP contribution is 2.35. The van der Waals surface area contributed by atoms with Crippen LogP contribution in [0.25, 0.3) is 0 Å². The van der Waals surface area contributed by atoms with Gasteiger partial charge in [-0.1, -0.05) is 0 Å². The van der Waals surface area contributed by atoms with Crippen molar-refractivity contribution < 1.29 is 18.3 Å². The molecule has 2 heterocycles. The number of nitrogens with one attached hydrogen (secondary N) is 1. The molecule has 0 radical (unpaired) electrons. The van der Waals surface area contributed by atoms with Gasteiger partial charge in [0.05, 0.1) is 5.54 Å². The molecule has 2 bridgehead atoms.